The highest BCUT2D eigenvalue weighted by atomic mass is 16.4. The molecule has 0 amide bonds. The van der Waals surface area contributed by atoms with Crippen LogP contribution in [0, 0.1) is 6.92 Å². The number of benzene rings is 1. The fraction of sp³-hybridized carbons (Fsp3) is 0.125. The Morgan fingerprint density at radius 3 is 2.64 bits per heavy atom. The van der Waals surface area contributed by atoms with E-state index in [-0.39, 0.29) is 5.56 Å². The number of rotatable bonds is 1. The van der Waals surface area contributed by atoms with E-state index in [0.717, 1.165) is 0 Å². The molecule has 0 spiro atoms. The van der Waals surface area contributed by atoms with E-state index in [1.54, 1.807) is 19.1 Å². The van der Waals surface area contributed by atoms with Gasteiger partial charge < -0.3 is 15.6 Å². The van der Waals surface area contributed by atoms with Gasteiger partial charge in [0.1, 0.15) is 0 Å². The molecule has 2 N–H and O–H groups in total. The molecular formula is C8H8NO2-. The van der Waals surface area contributed by atoms with E-state index in [0.29, 0.717) is 11.3 Å². The molecule has 0 saturated carbocycles. The van der Waals surface area contributed by atoms with Crippen LogP contribution in [0.2, 0.25) is 0 Å². The van der Waals surface area contributed by atoms with Crippen LogP contribution in [0.25, 0.3) is 0 Å². The standard InChI is InChI=1S/C8H9NO2/c1-5-2-3-6(9)4-7(5)8(10)11/h2-4H,9H2,1H3,(H,10,11)/p-1. The highest BCUT2D eigenvalue weighted by Crippen LogP contribution is 2.10. The fourth-order valence-corrected chi connectivity index (χ4v) is 0.860. The lowest BCUT2D eigenvalue weighted by Gasteiger charge is -2.06. The zero-order chi connectivity index (χ0) is 8.43. The Balaban J connectivity index is 3.23. The molecule has 0 fully saturated rings. The van der Waals surface area contributed by atoms with Crippen molar-refractivity contribution in [1.29, 1.82) is 0 Å². The Hall–Kier alpha value is -1.51. The Morgan fingerprint density at radius 1 is 1.55 bits per heavy atom. The minimum Gasteiger partial charge on any atom is -0.545 e. The third kappa shape index (κ3) is 1.49. The largest absolute Gasteiger partial charge is 0.545 e. The molecule has 1 aromatic rings. The van der Waals surface area contributed by atoms with Crippen LogP contribution in [0.3, 0.4) is 0 Å². The molecule has 0 saturated heterocycles. The van der Waals surface area contributed by atoms with Crippen molar-refractivity contribution in [3.8, 4) is 0 Å². The number of nitrogens with two attached hydrogens (primary N) is 1. The molecule has 0 bridgehead atoms. The van der Waals surface area contributed by atoms with Crippen molar-refractivity contribution in [3.05, 3.63) is 29.3 Å². The maximum atomic E-state index is 10.4. The fourth-order valence-electron chi connectivity index (χ4n) is 0.860. The molecule has 0 aliphatic carbocycles. The van der Waals surface area contributed by atoms with Gasteiger partial charge in [-0.05, 0) is 24.6 Å². The van der Waals surface area contributed by atoms with Gasteiger partial charge in [0.2, 0.25) is 0 Å². The topological polar surface area (TPSA) is 66.2 Å². The Bertz CT molecular complexity index is 294. The summed E-state index contributed by atoms with van der Waals surface area (Å²) >= 11 is 0. The van der Waals surface area contributed by atoms with Gasteiger partial charge in [-0.15, -0.1) is 0 Å². The molecule has 0 unspecified atom stereocenters. The molecular weight excluding hydrogens is 142 g/mol. The van der Waals surface area contributed by atoms with Crippen molar-refractivity contribution >= 4 is 11.7 Å². The number of nitrogen functional groups attached to an aromatic ring is 1. The minimum absolute atomic E-state index is 0.157. The summed E-state index contributed by atoms with van der Waals surface area (Å²) in [5.41, 5.74) is 6.64. The molecule has 1 rings (SSSR count). The van der Waals surface area contributed by atoms with Crippen LogP contribution in [0.15, 0.2) is 18.2 Å². The second kappa shape index (κ2) is 2.62. The van der Waals surface area contributed by atoms with E-state index in [4.69, 9.17) is 5.73 Å². The van der Waals surface area contributed by atoms with Crippen molar-refractivity contribution in [2.45, 2.75) is 6.92 Å². The summed E-state index contributed by atoms with van der Waals surface area (Å²) in [6.45, 7) is 1.70. The Labute approximate surface area is 64.5 Å². The number of hydrogen-bond acceptors (Lipinski definition) is 3. The number of aryl methyl sites for hydroxylation is 1. The predicted molar refractivity (Wildman–Crippen MR) is 39.9 cm³/mol. The number of hydrogen-bond donors (Lipinski definition) is 1. The van der Waals surface area contributed by atoms with Crippen molar-refractivity contribution < 1.29 is 9.90 Å². The van der Waals surface area contributed by atoms with E-state index >= 15 is 0 Å². The maximum absolute atomic E-state index is 10.4. The van der Waals surface area contributed by atoms with Crippen LogP contribution in [-0.4, -0.2) is 5.97 Å². The zero-order valence-electron chi connectivity index (χ0n) is 6.13. The summed E-state index contributed by atoms with van der Waals surface area (Å²) in [7, 11) is 0. The molecule has 0 aliphatic heterocycles. The molecule has 1 aromatic carbocycles. The second-order valence-corrected chi connectivity index (χ2v) is 2.36. The molecule has 3 heteroatoms. The first-order valence-electron chi connectivity index (χ1n) is 3.18. The monoisotopic (exact) mass is 150 g/mol. The van der Waals surface area contributed by atoms with Crippen LogP contribution in [0.5, 0.6) is 0 Å². The van der Waals surface area contributed by atoms with Gasteiger partial charge in [0.25, 0.3) is 0 Å². The predicted octanol–water partition coefficient (Wildman–Crippen LogP) is -0.0593. The number of carboxylic acids is 1. The average Bonchev–Trinajstić information content (AvgIpc) is 1.94. The van der Waals surface area contributed by atoms with Crippen molar-refractivity contribution in [2.75, 3.05) is 5.73 Å². The van der Waals surface area contributed by atoms with Crippen molar-refractivity contribution in [2.24, 2.45) is 0 Å². The van der Waals surface area contributed by atoms with Crippen LogP contribution in [0.1, 0.15) is 15.9 Å². The molecule has 0 radical (unpaired) electrons. The van der Waals surface area contributed by atoms with E-state index in [1.807, 2.05) is 0 Å². The van der Waals surface area contributed by atoms with Crippen molar-refractivity contribution in [3.63, 3.8) is 0 Å². The number of carbonyl (C=O) groups is 1. The van der Waals surface area contributed by atoms with Gasteiger partial charge >= 0.3 is 0 Å². The number of anilines is 1. The summed E-state index contributed by atoms with van der Waals surface area (Å²) < 4.78 is 0. The van der Waals surface area contributed by atoms with Gasteiger partial charge in [-0.2, -0.15) is 0 Å². The Kier molecular flexibility index (Phi) is 1.81. The quantitative estimate of drug-likeness (QED) is 0.570. The second-order valence-electron chi connectivity index (χ2n) is 2.36. The zero-order valence-corrected chi connectivity index (χ0v) is 6.13. The van der Waals surface area contributed by atoms with Crippen molar-refractivity contribution in [1.82, 2.24) is 0 Å². The molecule has 0 aromatic heterocycles. The summed E-state index contributed by atoms with van der Waals surface area (Å²) in [5.74, 6) is -1.19. The van der Waals surface area contributed by atoms with Crippen LogP contribution < -0.4 is 10.8 Å². The lowest BCUT2D eigenvalue weighted by atomic mass is 10.1. The first-order valence-corrected chi connectivity index (χ1v) is 3.18. The lowest BCUT2D eigenvalue weighted by Crippen LogP contribution is -2.23. The van der Waals surface area contributed by atoms with E-state index in [9.17, 15) is 9.90 Å². The van der Waals surface area contributed by atoms with E-state index in [1.165, 1.54) is 6.07 Å². The molecule has 0 aliphatic rings. The molecule has 0 atom stereocenters. The SMILES string of the molecule is Cc1ccc(N)cc1C(=O)[O-]. The summed E-state index contributed by atoms with van der Waals surface area (Å²) in [4.78, 5) is 10.4. The highest BCUT2D eigenvalue weighted by molar-refractivity contribution is 5.88. The minimum atomic E-state index is -1.19. The van der Waals surface area contributed by atoms with E-state index in [2.05, 4.69) is 0 Å². The first-order chi connectivity index (χ1) is 5.11. The van der Waals surface area contributed by atoms with Crippen LogP contribution in [0.4, 0.5) is 5.69 Å². The lowest BCUT2D eigenvalue weighted by molar-refractivity contribution is -0.255. The van der Waals surface area contributed by atoms with Gasteiger partial charge in [0.15, 0.2) is 0 Å². The average molecular weight is 150 g/mol. The smallest absolute Gasteiger partial charge is 0.0718 e. The van der Waals surface area contributed by atoms with Crippen LogP contribution in [-0.2, 0) is 0 Å². The summed E-state index contributed by atoms with van der Waals surface area (Å²) in [6, 6.07) is 4.70. The van der Waals surface area contributed by atoms with Gasteiger partial charge in [-0.25, -0.2) is 0 Å². The van der Waals surface area contributed by atoms with Gasteiger partial charge in [-0.3, -0.25) is 0 Å². The van der Waals surface area contributed by atoms with Gasteiger partial charge in [0.05, 0.1) is 5.97 Å². The number of aromatic carboxylic acids is 1. The maximum Gasteiger partial charge on any atom is 0.0718 e. The van der Waals surface area contributed by atoms with Gasteiger partial charge in [0, 0.05) is 11.3 Å². The third-order valence-electron chi connectivity index (χ3n) is 1.48. The van der Waals surface area contributed by atoms with Gasteiger partial charge in [-0.1, -0.05) is 6.07 Å². The molecule has 11 heavy (non-hydrogen) atoms. The normalized spacial score (nSPS) is 9.55. The first kappa shape index (κ1) is 7.60. The molecule has 0 heterocycles. The summed E-state index contributed by atoms with van der Waals surface area (Å²) in [6.07, 6.45) is 0. The molecule has 3 nitrogen and oxygen atoms in total. The number of carbonyl (C=O) groups excluding carboxylic acids is 1. The van der Waals surface area contributed by atoms with Crippen LogP contribution >= 0.6 is 0 Å². The summed E-state index contributed by atoms with van der Waals surface area (Å²) in [5, 5.41) is 10.4. The molecule has 58 valence electrons. The Morgan fingerprint density at radius 2 is 2.18 bits per heavy atom. The number of carboxylic acid groups (broad SMARTS) is 1. The highest BCUT2D eigenvalue weighted by Gasteiger charge is 1.97. The van der Waals surface area contributed by atoms with E-state index < -0.39 is 5.97 Å². The third-order valence-corrected chi connectivity index (χ3v) is 1.48.